The maximum atomic E-state index is 6.02. The first kappa shape index (κ1) is 11.6. The van der Waals surface area contributed by atoms with Gasteiger partial charge >= 0.3 is 0 Å². The first-order valence-electron chi connectivity index (χ1n) is 6.62. The van der Waals surface area contributed by atoms with Crippen molar-refractivity contribution in [2.45, 2.75) is 25.7 Å². The number of nitrogens with two attached hydrogens (primary N) is 1. The molecule has 0 aromatic carbocycles. The van der Waals surface area contributed by atoms with E-state index in [1.165, 1.54) is 37.5 Å². The van der Waals surface area contributed by atoms with Gasteiger partial charge in [0.15, 0.2) is 0 Å². The van der Waals surface area contributed by atoms with E-state index >= 15 is 0 Å². The third-order valence-corrected chi connectivity index (χ3v) is 5.53. The predicted octanol–water partition coefficient (Wildman–Crippen LogP) is 1.84. The van der Waals surface area contributed by atoms with Crippen LogP contribution in [-0.2, 0) is 0 Å². The molecule has 0 amide bonds. The van der Waals surface area contributed by atoms with Gasteiger partial charge in [-0.1, -0.05) is 0 Å². The molecule has 4 heterocycles. The normalized spacial score (nSPS) is 33.9. The Labute approximate surface area is 107 Å². The summed E-state index contributed by atoms with van der Waals surface area (Å²) in [6.45, 7) is 6.67. The highest BCUT2D eigenvalue weighted by atomic mass is 32.1. The Morgan fingerprint density at radius 3 is 2.76 bits per heavy atom. The number of hydrogen-bond donors (Lipinski definition) is 1. The molecule has 3 fully saturated rings. The molecule has 3 nitrogen and oxygen atoms in total. The second kappa shape index (κ2) is 4.67. The SMILES string of the molecule is Cc1csc(C(CN)C2CN3CCC2CC3)n1. The topological polar surface area (TPSA) is 42.1 Å². The standard InChI is InChI=1S/C13H21N3S/c1-9-8-17-13(15-9)11(6-14)12-7-16-4-2-10(12)3-5-16/h8,10-12H,2-7,14H2,1H3. The summed E-state index contributed by atoms with van der Waals surface area (Å²) < 4.78 is 0. The number of piperidine rings is 3. The fourth-order valence-electron chi connectivity index (χ4n) is 3.47. The van der Waals surface area contributed by atoms with Gasteiger partial charge in [-0.3, -0.25) is 0 Å². The van der Waals surface area contributed by atoms with E-state index in [2.05, 4.69) is 22.2 Å². The first-order valence-corrected chi connectivity index (χ1v) is 7.50. The van der Waals surface area contributed by atoms with E-state index in [1.54, 1.807) is 11.3 Å². The lowest BCUT2D eigenvalue weighted by atomic mass is 9.72. The van der Waals surface area contributed by atoms with Gasteiger partial charge in [0.25, 0.3) is 0 Å². The van der Waals surface area contributed by atoms with Crippen molar-refractivity contribution in [2.75, 3.05) is 26.2 Å². The van der Waals surface area contributed by atoms with Crippen molar-refractivity contribution >= 4 is 11.3 Å². The summed E-state index contributed by atoms with van der Waals surface area (Å²) in [5.41, 5.74) is 7.17. The summed E-state index contributed by atoms with van der Waals surface area (Å²) >= 11 is 1.79. The van der Waals surface area contributed by atoms with Gasteiger partial charge in [0.1, 0.15) is 0 Å². The zero-order valence-corrected chi connectivity index (χ0v) is 11.2. The van der Waals surface area contributed by atoms with E-state index in [0.717, 1.165) is 24.1 Å². The molecule has 1 aromatic rings. The second-order valence-corrected chi connectivity index (χ2v) is 6.36. The summed E-state index contributed by atoms with van der Waals surface area (Å²) in [6.07, 6.45) is 2.73. The van der Waals surface area contributed by atoms with Gasteiger partial charge in [-0.2, -0.15) is 0 Å². The molecule has 2 unspecified atom stereocenters. The molecule has 0 spiro atoms. The molecule has 94 valence electrons. The van der Waals surface area contributed by atoms with Crippen LogP contribution in [0.25, 0.3) is 0 Å². The Hall–Kier alpha value is -0.450. The Kier molecular flexibility index (Phi) is 3.19. The molecule has 0 saturated carbocycles. The minimum Gasteiger partial charge on any atom is -0.330 e. The average molecular weight is 251 g/mol. The molecule has 1 aromatic heterocycles. The number of aromatic nitrogens is 1. The van der Waals surface area contributed by atoms with Crippen molar-refractivity contribution in [1.82, 2.24) is 9.88 Å². The maximum Gasteiger partial charge on any atom is 0.0975 e. The molecule has 4 rings (SSSR count). The number of rotatable bonds is 3. The Morgan fingerprint density at radius 2 is 2.29 bits per heavy atom. The van der Waals surface area contributed by atoms with Crippen LogP contribution in [0.1, 0.15) is 29.5 Å². The third-order valence-electron chi connectivity index (χ3n) is 4.43. The van der Waals surface area contributed by atoms with Crippen molar-refractivity contribution in [3.63, 3.8) is 0 Å². The molecular weight excluding hydrogens is 230 g/mol. The minimum atomic E-state index is 0.488. The van der Waals surface area contributed by atoms with Crippen LogP contribution in [0.3, 0.4) is 0 Å². The Balaban J connectivity index is 1.81. The van der Waals surface area contributed by atoms with Crippen LogP contribution in [0.15, 0.2) is 5.38 Å². The zero-order valence-electron chi connectivity index (χ0n) is 10.4. The van der Waals surface area contributed by atoms with Gasteiger partial charge in [0.2, 0.25) is 0 Å². The van der Waals surface area contributed by atoms with Crippen LogP contribution >= 0.6 is 11.3 Å². The number of aryl methyl sites for hydroxylation is 1. The molecule has 2 bridgehead atoms. The average Bonchev–Trinajstić information content (AvgIpc) is 2.78. The largest absolute Gasteiger partial charge is 0.330 e. The van der Waals surface area contributed by atoms with Crippen LogP contribution < -0.4 is 5.73 Å². The van der Waals surface area contributed by atoms with Crippen molar-refractivity contribution in [1.29, 1.82) is 0 Å². The fourth-order valence-corrected chi connectivity index (χ4v) is 4.45. The molecule has 0 aliphatic carbocycles. The molecule has 3 saturated heterocycles. The molecule has 2 N–H and O–H groups in total. The molecule has 3 aliphatic rings. The van der Waals surface area contributed by atoms with E-state index < -0.39 is 0 Å². The van der Waals surface area contributed by atoms with E-state index in [-0.39, 0.29) is 0 Å². The van der Waals surface area contributed by atoms with E-state index in [9.17, 15) is 0 Å². The van der Waals surface area contributed by atoms with Crippen LogP contribution in [-0.4, -0.2) is 36.1 Å². The summed E-state index contributed by atoms with van der Waals surface area (Å²) in [4.78, 5) is 7.27. The summed E-state index contributed by atoms with van der Waals surface area (Å²) in [7, 11) is 0. The molecular formula is C13H21N3S. The fraction of sp³-hybridized carbons (Fsp3) is 0.769. The van der Waals surface area contributed by atoms with Gasteiger partial charge in [-0.05, 0) is 44.7 Å². The van der Waals surface area contributed by atoms with Crippen molar-refractivity contribution in [3.05, 3.63) is 16.1 Å². The lowest BCUT2D eigenvalue weighted by Gasteiger charge is -2.47. The van der Waals surface area contributed by atoms with Crippen molar-refractivity contribution in [3.8, 4) is 0 Å². The van der Waals surface area contributed by atoms with E-state index in [4.69, 9.17) is 5.73 Å². The smallest absolute Gasteiger partial charge is 0.0975 e. The number of thiazole rings is 1. The number of fused-ring (bicyclic) bond motifs is 3. The molecule has 4 heteroatoms. The maximum absolute atomic E-state index is 6.02. The number of nitrogens with zero attached hydrogens (tertiary/aromatic N) is 2. The lowest BCUT2D eigenvalue weighted by Crippen LogP contribution is -2.50. The van der Waals surface area contributed by atoms with E-state index in [0.29, 0.717) is 5.92 Å². The zero-order chi connectivity index (χ0) is 11.8. The monoisotopic (exact) mass is 251 g/mol. The highest BCUT2D eigenvalue weighted by Crippen LogP contribution is 2.41. The summed E-state index contributed by atoms with van der Waals surface area (Å²) in [6, 6.07) is 0. The van der Waals surface area contributed by atoms with Crippen molar-refractivity contribution < 1.29 is 0 Å². The van der Waals surface area contributed by atoms with E-state index in [1.807, 2.05) is 0 Å². The van der Waals surface area contributed by atoms with Crippen LogP contribution in [0.4, 0.5) is 0 Å². The van der Waals surface area contributed by atoms with Gasteiger partial charge in [-0.25, -0.2) is 4.98 Å². The Bertz CT molecular complexity index is 382. The van der Waals surface area contributed by atoms with Gasteiger partial charge in [-0.15, -0.1) is 11.3 Å². The first-order chi connectivity index (χ1) is 8.28. The lowest BCUT2D eigenvalue weighted by molar-refractivity contribution is 0.0378. The summed E-state index contributed by atoms with van der Waals surface area (Å²) in [5.74, 6) is 2.12. The van der Waals surface area contributed by atoms with Gasteiger partial charge < -0.3 is 10.6 Å². The number of hydrogen-bond acceptors (Lipinski definition) is 4. The highest BCUT2D eigenvalue weighted by molar-refractivity contribution is 7.09. The predicted molar refractivity (Wildman–Crippen MR) is 71.3 cm³/mol. The molecule has 17 heavy (non-hydrogen) atoms. The molecule has 2 atom stereocenters. The molecule has 3 aliphatic heterocycles. The Morgan fingerprint density at radius 1 is 1.53 bits per heavy atom. The van der Waals surface area contributed by atoms with Crippen LogP contribution in [0.5, 0.6) is 0 Å². The third kappa shape index (κ3) is 2.14. The highest BCUT2D eigenvalue weighted by Gasteiger charge is 2.39. The van der Waals surface area contributed by atoms with Crippen molar-refractivity contribution in [2.24, 2.45) is 17.6 Å². The van der Waals surface area contributed by atoms with Gasteiger partial charge in [0, 0.05) is 30.1 Å². The quantitative estimate of drug-likeness (QED) is 0.891. The second-order valence-electron chi connectivity index (χ2n) is 5.47. The molecule has 0 radical (unpaired) electrons. The van der Waals surface area contributed by atoms with Crippen LogP contribution in [0, 0.1) is 18.8 Å². The van der Waals surface area contributed by atoms with Crippen LogP contribution in [0.2, 0.25) is 0 Å². The summed E-state index contributed by atoms with van der Waals surface area (Å²) in [5, 5.41) is 3.42. The van der Waals surface area contributed by atoms with Gasteiger partial charge in [0.05, 0.1) is 5.01 Å². The minimum absolute atomic E-state index is 0.488.